The van der Waals surface area contributed by atoms with Crippen molar-refractivity contribution in [2.24, 2.45) is 0 Å². The van der Waals surface area contributed by atoms with Crippen LogP contribution in [0.2, 0.25) is 0 Å². The van der Waals surface area contributed by atoms with E-state index in [2.05, 4.69) is 19.2 Å². The maximum atomic E-state index is 6.21. The van der Waals surface area contributed by atoms with Crippen LogP contribution in [-0.4, -0.2) is 17.9 Å². The van der Waals surface area contributed by atoms with E-state index in [1.54, 1.807) is 0 Å². The molecule has 1 saturated heterocycles. The van der Waals surface area contributed by atoms with Gasteiger partial charge in [0.15, 0.2) is 0 Å². The van der Waals surface area contributed by atoms with Crippen molar-refractivity contribution in [3.63, 3.8) is 0 Å². The summed E-state index contributed by atoms with van der Waals surface area (Å²) in [4.78, 5) is 0. The van der Waals surface area contributed by atoms with Crippen molar-refractivity contribution < 1.29 is 4.74 Å². The molecule has 1 spiro atoms. The van der Waals surface area contributed by atoms with E-state index >= 15 is 0 Å². The molecule has 0 amide bonds. The summed E-state index contributed by atoms with van der Waals surface area (Å²) in [6, 6.07) is 0.619. The topological polar surface area (TPSA) is 21.3 Å². The quantitative estimate of drug-likeness (QED) is 0.664. The summed E-state index contributed by atoms with van der Waals surface area (Å²) in [7, 11) is 0. The summed E-state index contributed by atoms with van der Waals surface area (Å²) >= 11 is 0. The summed E-state index contributed by atoms with van der Waals surface area (Å²) in [6.07, 6.45) is 10.8. The Labute approximate surface area is 93.8 Å². The molecule has 2 heteroatoms. The number of hydrogen-bond donors (Lipinski definition) is 1. The maximum Gasteiger partial charge on any atom is 0.119 e. The largest absolute Gasteiger partial charge is 0.358 e. The molecule has 88 valence electrons. The molecule has 2 rings (SSSR count). The smallest absolute Gasteiger partial charge is 0.119 e. The van der Waals surface area contributed by atoms with Gasteiger partial charge in [-0.2, -0.15) is 0 Å². The van der Waals surface area contributed by atoms with Gasteiger partial charge in [0.2, 0.25) is 0 Å². The highest BCUT2D eigenvalue weighted by atomic mass is 16.5. The van der Waals surface area contributed by atoms with E-state index in [9.17, 15) is 0 Å². The minimum absolute atomic E-state index is 0.0253. The van der Waals surface area contributed by atoms with Gasteiger partial charge in [-0.25, -0.2) is 0 Å². The molecule has 2 aliphatic rings. The van der Waals surface area contributed by atoms with Crippen molar-refractivity contribution in [1.29, 1.82) is 0 Å². The zero-order valence-corrected chi connectivity index (χ0v) is 10.2. The molecular weight excluding hydrogens is 186 g/mol. The number of hydrogen-bond acceptors (Lipinski definition) is 2. The minimum atomic E-state index is 0.0253. The monoisotopic (exact) mass is 211 g/mol. The molecule has 2 atom stereocenters. The molecule has 1 N–H and O–H groups in total. The summed E-state index contributed by atoms with van der Waals surface area (Å²) in [5, 5.41) is 3.71. The molecule has 1 saturated carbocycles. The molecule has 2 unspecified atom stereocenters. The van der Waals surface area contributed by atoms with Gasteiger partial charge < -0.3 is 4.74 Å². The Hall–Kier alpha value is -0.0800. The first-order valence-corrected chi connectivity index (χ1v) is 6.66. The normalized spacial score (nSPS) is 37.2. The second-order valence-electron chi connectivity index (χ2n) is 5.47. The zero-order valence-electron chi connectivity index (χ0n) is 10.2. The van der Waals surface area contributed by atoms with Gasteiger partial charge in [0.1, 0.15) is 5.72 Å². The molecular formula is C13H25NO. The molecule has 0 aromatic heterocycles. The van der Waals surface area contributed by atoms with Crippen molar-refractivity contribution in [1.82, 2.24) is 5.32 Å². The van der Waals surface area contributed by atoms with Crippen LogP contribution in [0.15, 0.2) is 0 Å². The standard InChI is InChI=1S/C13H25NO/c1-11-10-12(2)15-13(14-11)8-6-4-3-5-7-9-13/h11-12,14H,3-10H2,1-2H3. The van der Waals surface area contributed by atoms with Gasteiger partial charge in [0, 0.05) is 6.04 Å². The molecule has 2 fully saturated rings. The Balaban J connectivity index is 2.00. The summed E-state index contributed by atoms with van der Waals surface area (Å²) in [6.45, 7) is 4.51. The average Bonchev–Trinajstić information content (AvgIpc) is 2.11. The molecule has 0 aromatic carbocycles. The van der Waals surface area contributed by atoms with Crippen LogP contribution in [-0.2, 0) is 4.74 Å². The highest BCUT2D eigenvalue weighted by Crippen LogP contribution is 2.32. The van der Waals surface area contributed by atoms with Crippen LogP contribution in [0.3, 0.4) is 0 Å². The van der Waals surface area contributed by atoms with Crippen molar-refractivity contribution >= 4 is 0 Å². The van der Waals surface area contributed by atoms with Crippen molar-refractivity contribution in [2.45, 2.75) is 83.1 Å². The lowest BCUT2D eigenvalue weighted by molar-refractivity contribution is -0.159. The second kappa shape index (κ2) is 4.84. The molecule has 0 radical (unpaired) electrons. The van der Waals surface area contributed by atoms with Crippen LogP contribution >= 0.6 is 0 Å². The van der Waals surface area contributed by atoms with E-state index in [-0.39, 0.29) is 5.72 Å². The summed E-state index contributed by atoms with van der Waals surface area (Å²) < 4.78 is 6.21. The lowest BCUT2D eigenvalue weighted by Crippen LogP contribution is -2.58. The first-order chi connectivity index (χ1) is 7.20. The molecule has 2 nitrogen and oxygen atoms in total. The van der Waals surface area contributed by atoms with E-state index in [1.807, 2.05) is 0 Å². The van der Waals surface area contributed by atoms with Crippen LogP contribution in [0.4, 0.5) is 0 Å². The van der Waals surface area contributed by atoms with Gasteiger partial charge >= 0.3 is 0 Å². The Morgan fingerprint density at radius 1 is 1.00 bits per heavy atom. The molecule has 0 aromatic rings. The van der Waals surface area contributed by atoms with Crippen molar-refractivity contribution in [2.75, 3.05) is 0 Å². The predicted octanol–water partition coefficient (Wildman–Crippen LogP) is 3.21. The SMILES string of the molecule is CC1CC(C)OC2(CCCCCCC2)N1. The Kier molecular flexibility index (Phi) is 3.68. The fourth-order valence-corrected chi connectivity index (χ4v) is 3.21. The lowest BCUT2D eigenvalue weighted by Gasteiger charge is -2.45. The predicted molar refractivity (Wildman–Crippen MR) is 62.8 cm³/mol. The summed E-state index contributed by atoms with van der Waals surface area (Å²) in [5.41, 5.74) is 0.0253. The number of nitrogens with one attached hydrogen (secondary N) is 1. The van der Waals surface area contributed by atoms with Gasteiger partial charge in [0.05, 0.1) is 6.10 Å². The van der Waals surface area contributed by atoms with E-state index in [0.29, 0.717) is 12.1 Å². The first-order valence-electron chi connectivity index (χ1n) is 6.66. The summed E-state index contributed by atoms with van der Waals surface area (Å²) in [5.74, 6) is 0. The van der Waals surface area contributed by atoms with Crippen LogP contribution in [0, 0.1) is 0 Å². The van der Waals surface area contributed by atoms with E-state index in [0.717, 1.165) is 6.42 Å². The maximum absolute atomic E-state index is 6.21. The first kappa shape index (κ1) is 11.4. The Morgan fingerprint density at radius 2 is 1.60 bits per heavy atom. The molecule has 1 heterocycles. The van der Waals surface area contributed by atoms with Gasteiger partial charge in [-0.15, -0.1) is 0 Å². The number of rotatable bonds is 0. The van der Waals surface area contributed by atoms with Gasteiger partial charge in [-0.1, -0.05) is 19.3 Å². The molecule has 1 aliphatic carbocycles. The van der Waals surface area contributed by atoms with Crippen LogP contribution in [0.5, 0.6) is 0 Å². The fraction of sp³-hybridized carbons (Fsp3) is 1.00. The Bertz CT molecular complexity index is 185. The van der Waals surface area contributed by atoms with Gasteiger partial charge in [0.25, 0.3) is 0 Å². The third kappa shape index (κ3) is 2.94. The van der Waals surface area contributed by atoms with Crippen molar-refractivity contribution in [3.8, 4) is 0 Å². The minimum Gasteiger partial charge on any atom is -0.358 e. The van der Waals surface area contributed by atoms with E-state index in [1.165, 1.54) is 44.9 Å². The van der Waals surface area contributed by atoms with E-state index < -0.39 is 0 Å². The highest BCUT2D eigenvalue weighted by Gasteiger charge is 2.37. The zero-order chi connectivity index (χ0) is 10.7. The van der Waals surface area contributed by atoms with Gasteiger partial charge in [-0.3, -0.25) is 5.32 Å². The average molecular weight is 211 g/mol. The molecule has 0 bridgehead atoms. The van der Waals surface area contributed by atoms with Crippen molar-refractivity contribution in [3.05, 3.63) is 0 Å². The molecule has 1 aliphatic heterocycles. The second-order valence-corrected chi connectivity index (χ2v) is 5.47. The lowest BCUT2D eigenvalue weighted by atomic mass is 9.90. The van der Waals surface area contributed by atoms with Crippen LogP contribution in [0.1, 0.15) is 65.2 Å². The third-order valence-electron chi connectivity index (χ3n) is 3.78. The van der Waals surface area contributed by atoms with E-state index in [4.69, 9.17) is 4.74 Å². The van der Waals surface area contributed by atoms with Gasteiger partial charge in [-0.05, 0) is 46.0 Å². The third-order valence-corrected chi connectivity index (χ3v) is 3.78. The highest BCUT2D eigenvalue weighted by molar-refractivity contribution is 4.88. The number of ether oxygens (including phenoxy) is 1. The van der Waals surface area contributed by atoms with Crippen LogP contribution in [0.25, 0.3) is 0 Å². The fourth-order valence-electron chi connectivity index (χ4n) is 3.21. The Morgan fingerprint density at radius 3 is 2.20 bits per heavy atom. The van der Waals surface area contributed by atoms with Crippen LogP contribution < -0.4 is 5.32 Å². The molecule has 15 heavy (non-hydrogen) atoms.